The molecule has 1 fully saturated rings. The number of nitrogens with one attached hydrogen (secondary N) is 1. The summed E-state index contributed by atoms with van der Waals surface area (Å²) < 4.78 is 5.52. The number of carbonyl (C=O) groups excluding carboxylic acids is 1. The van der Waals surface area contributed by atoms with E-state index >= 15 is 0 Å². The van der Waals surface area contributed by atoms with Gasteiger partial charge in [0.15, 0.2) is 0 Å². The molecule has 0 aromatic carbocycles. The van der Waals surface area contributed by atoms with E-state index in [1.54, 1.807) is 4.90 Å². The molecule has 1 N–H and O–H groups in total. The molecule has 0 aliphatic carbocycles. The van der Waals surface area contributed by atoms with Gasteiger partial charge in [-0.05, 0) is 26.8 Å². The number of nitrogens with zero attached hydrogens (tertiary/aromatic N) is 1. The predicted octanol–water partition coefficient (Wildman–Crippen LogP) is 1.55. The molecule has 2 rings (SSSR count). The van der Waals surface area contributed by atoms with Crippen molar-refractivity contribution in [1.29, 1.82) is 0 Å². The standard InChI is InChI=1S/C12H18N2O2/c1-9-4-5-10(16-9)14-7-6-13-8-12(2,3)11(14)15/h4-5,13H,6-8H2,1-3H3. The summed E-state index contributed by atoms with van der Waals surface area (Å²) in [6.07, 6.45) is 0. The molecule has 1 saturated heterocycles. The Hall–Kier alpha value is -1.29. The van der Waals surface area contributed by atoms with Crippen molar-refractivity contribution in [3.05, 3.63) is 17.9 Å². The van der Waals surface area contributed by atoms with Crippen molar-refractivity contribution in [1.82, 2.24) is 5.32 Å². The van der Waals surface area contributed by atoms with Crippen molar-refractivity contribution < 1.29 is 9.21 Å². The molecule has 1 aliphatic heterocycles. The fraction of sp³-hybridized carbons (Fsp3) is 0.583. The minimum absolute atomic E-state index is 0.117. The van der Waals surface area contributed by atoms with E-state index in [1.165, 1.54) is 0 Å². The van der Waals surface area contributed by atoms with Crippen LogP contribution in [0.15, 0.2) is 16.5 Å². The second kappa shape index (κ2) is 3.94. The van der Waals surface area contributed by atoms with Crippen LogP contribution in [-0.2, 0) is 4.79 Å². The molecule has 1 amide bonds. The fourth-order valence-corrected chi connectivity index (χ4v) is 1.91. The van der Waals surface area contributed by atoms with Crippen LogP contribution >= 0.6 is 0 Å². The maximum absolute atomic E-state index is 12.3. The molecule has 0 saturated carbocycles. The molecule has 88 valence electrons. The van der Waals surface area contributed by atoms with Crippen LogP contribution in [0.4, 0.5) is 5.88 Å². The Kier molecular flexibility index (Phi) is 2.76. The number of furan rings is 1. The van der Waals surface area contributed by atoms with Gasteiger partial charge in [-0.15, -0.1) is 0 Å². The number of hydrogen-bond donors (Lipinski definition) is 1. The fourth-order valence-electron chi connectivity index (χ4n) is 1.91. The quantitative estimate of drug-likeness (QED) is 0.784. The van der Waals surface area contributed by atoms with E-state index in [0.717, 1.165) is 12.3 Å². The van der Waals surface area contributed by atoms with Crippen molar-refractivity contribution in [2.75, 3.05) is 24.5 Å². The Labute approximate surface area is 95.6 Å². The third-order valence-corrected chi connectivity index (χ3v) is 2.90. The molecule has 2 heterocycles. The smallest absolute Gasteiger partial charge is 0.236 e. The Morgan fingerprint density at radius 2 is 2.19 bits per heavy atom. The van der Waals surface area contributed by atoms with E-state index < -0.39 is 0 Å². The molecule has 16 heavy (non-hydrogen) atoms. The molecular weight excluding hydrogens is 204 g/mol. The lowest BCUT2D eigenvalue weighted by Crippen LogP contribution is -2.41. The highest BCUT2D eigenvalue weighted by molar-refractivity contribution is 5.96. The summed E-state index contributed by atoms with van der Waals surface area (Å²) in [5.41, 5.74) is -0.378. The van der Waals surface area contributed by atoms with Crippen molar-refractivity contribution in [2.24, 2.45) is 5.41 Å². The predicted molar refractivity (Wildman–Crippen MR) is 62.4 cm³/mol. The van der Waals surface area contributed by atoms with Crippen LogP contribution in [0.3, 0.4) is 0 Å². The summed E-state index contributed by atoms with van der Waals surface area (Å²) in [7, 11) is 0. The number of aryl methyl sites for hydroxylation is 1. The van der Waals surface area contributed by atoms with E-state index in [2.05, 4.69) is 5.32 Å². The van der Waals surface area contributed by atoms with Gasteiger partial charge in [0.2, 0.25) is 11.8 Å². The molecule has 1 aromatic heterocycles. The molecule has 0 radical (unpaired) electrons. The van der Waals surface area contributed by atoms with Crippen LogP contribution in [0.1, 0.15) is 19.6 Å². The SMILES string of the molecule is Cc1ccc(N2CCNCC(C)(C)C2=O)o1. The van der Waals surface area contributed by atoms with Gasteiger partial charge in [-0.25, -0.2) is 0 Å². The maximum atomic E-state index is 12.3. The molecule has 0 bridgehead atoms. The number of hydrogen-bond acceptors (Lipinski definition) is 3. The molecule has 4 heteroatoms. The van der Waals surface area contributed by atoms with Crippen molar-refractivity contribution in [3.8, 4) is 0 Å². The van der Waals surface area contributed by atoms with Crippen LogP contribution in [0.25, 0.3) is 0 Å². The normalized spacial score (nSPS) is 20.9. The van der Waals surface area contributed by atoms with Gasteiger partial charge in [-0.2, -0.15) is 0 Å². The van der Waals surface area contributed by atoms with Gasteiger partial charge in [0.05, 0.1) is 5.41 Å². The summed E-state index contributed by atoms with van der Waals surface area (Å²) >= 11 is 0. The largest absolute Gasteiger partial charge is 0.445 e. The average molecular weight is 222 g/mol. The van der Waals surface area contributed by atoms with Gasteiger partial charge in [0.1, 0.15) is 5.76 Å². The van der Waals surface area contributed by atoms with E-state index in [9.17, 15) is 4.79 Å². The zero-order valence-corrected chi connectivity index (χ0v) is 10.0. The lowest BCUT2D eigenvalue weighted by Gasteiger charge is -2.26. The molecule has 1 aromatic rings. The number of rotatable bonds is 1. The Balaban J connectivity index is 2.29. The highest BCUT2D eigenvalue weighted by atomic mass is 16.4. The van der Waals surface area contributed by atoms with E-state index in [1.807, 2.05) is 32.9 Å². The zero-order chi connectivity index (χ0) is 11.8. The topological polar surface area (TPSA) is 45.5 Å². The van der Waals surface area contributed by atoms with E-state index in [0.29, 0.717) is 19.0 Å². The first kappa shape index (κ1) is 11.2. The molecule has 0 unspecified atom stereocenters. The summed E-state index contributed by atoms with van der Waals surface area (Å²) in [4.78, 5) is 14.0. The summed E-state index contributed by atoms with van der Waals surface area (Å²) in [6.45, 7) is 7.97. The van der Waals surface area contributed by atoms with Crippen LogP contribution in [0.5, 0.6) is 0 Å². The third kappa shape index (κ3) is 1.97. The highest BCUT2D eigenvalue weighted by Crippen LogP contribution is 2.26. The lowest BCUT2D eigenvalue weighted by molar-refractivity contribution is -0.126. The molecular formula is C12H18N2O2. The third-order valence-electron chi connectivity index (χ3n) is 2.90. The highest BCUT2D eigenvalue weighted by Gasteiger charge is 2.35. The van der Waals surface area contributed by atoms with Gasteiger partial charge in [-0.1, -0.05) is 0 Å². The number of anilines is 1. The first-order valence-electron chi connectivity index (χ1n) is 5.60. The van der Waals surface area contributed by atoms with Gasteiger partial charge >= 0.3 is 0 Å². The first-order valence-corrected chi connectivity index (χ1v) is 5.60. The lowest BCUT2D eigenvalue weighted by atomic mass is 9.92. The maximum Gasteiger partial charge on any atom is 0.236 e. The second-order valence-corrected chi connectivity index (χ2v) is 4.90. The monoisotopic (exact) mass is 222 g/mol. The molecule has 4 nitrogen and oxygen atoms in total. The van der Waals surface area contributed by atoms with Crippen molar-refractivity contribution in [3.63, 3.8) is 0 Å². The zero-order valence-electron chi connectivity index (χ0n) is 10.0. The van der Waals surface area contributed by atoms with Gasteiger partial charge in [-0.3, -0.25) is 9.69 Å². The van der Waals surface area contributed by atoms with Gasteiger partial charge in [0, 0.05) is 25.7 Å². The van der Waals surface area contributed by atoms with Crippen molar-refractivity contribution in [2.45, 2.75) is 20.8 Å². The molecule has 0 spiro atoms. The number of amides is 1. The minimum Gasteiger partial charge on any atom is -0.445 e. The van der Waals surface area contributed by atoms with Gasteiger partial charge < -0.3 is 9.73 Å². The van der Waals surface area contributed by atoms with E-state index in [4.69, 9.17) is 4.42 Å². The van der Waals surface area contributed by atoms with Gasteiger partial charge in [0.25, 0.3) is 0 Å². The van der Waals surface area contributed by atoms with Crippen LogP contribution < -0.4 is 10.2 Å². The number of carbonyl (C=O) groups is 1. The van der Waals surface area contributed by atoms with Crippen LogP contribution in [0.2, 0.25) is 0 Å². The minimum atomic E-state index is -0.378. The Bertz CT molecular complexity index is 395. The van der Waals surface area contributed by atoms with E-state index in [-0.39, 0.29) is 11.3 Å². The molecule has 0 atom stereocenters. The summed E-state index contributed by atoms with van der Waals surface area (Å²) in [5, 5.41) is 3.27. The first-order chi connectivity index (χ1) is 7.50. The van der Waals surface area contributed by atoms with Crippen LogP contribution in [-0.4, -0.2) is 25.5 Å². The van der Waals surface area contributed by atoms with Crippen LogP contribution in [0, 0.1) is 12.3 Å². The molecule has 1 aliphatic rings. The average Bonchev–Trinajstić information content (AvgIpc) is 2.58. The summed E-state index contributed by atoms with van der Waals surface area (Å²) in [6, 6.07) is 3.74. The Morgan fingerprint density at radius 1 is 1.44 bits per heavy atom. The second-order valence-electron chi connectivity index (χ2n) is 4.90. The Morgan fingerprint density at radius 3 is 2.81 bits per heavy atom. The summed E-state index contributed by atoms with van der Waals surface area (Å²) in [5.74, 6) is 1.60. The van der Waals surface area contributed by atoms with Crippen molar-refractivity contribution >= 4 is 11.8 Å².